The maximum absolute atomic E-state index is 13.0. The fraction of sp³-hybridized carbons (Fsp3) is 0.925. The molecule has 0 aromatic rings. The predicted molar refractivity (Wildman–Crippen MR) is 261 cm³/mol. The minimum absolute atomic E-state index is 0.169. The first kappa shape index (κ1) is 62.4. The number of carbonyl (C=O) groups excluding carboxylic acids is 2. The molecule has 0 spiro atoms. The summed E-state index contributed by atoms with van der Waals surface area (Å²) in [6, 6.07) is 0. The Kier molecular flexibility index (Phi) is 37.4. The van der Waals surface area contributed by atoms with Crippen LogP contribution in [0.25, 0.3) is 0 Å². The van der Waals surface area contributed by atoms with Gasteiger partial charge in [0.25, 0.3) is 0 Å². The second-order valence-electron chi connectivity index (χ2n) is 19.4. The summed E-state index contributed by atoms with van der Waals surface area (Å²) < 4.78 is 33.6. The molecule has 2 heterocycles. The summed E-state index contributed by atoms with van der Waals surface area (Å²) in [5.74, 6) is -0.923. The molecule has 4 unspecified atom stereocenters. The number of ether oxygens (including phenoxy) is 6. The van der Waals surface area contributed by atoms with Crippen LogP contribution in [0.2, 0.25) is 0 Å². The molecule has 0 aromatic carbocycles. The summed E-state index contributed by atoms with van der Waals surface area (Å²) in [4.78, 5) is 25.8. The van der Waals surface area contributed by atoms with Crippen molar-refractivity contribution in [2.24, 2.45) is 0 Å². The average molecular weight is 975 g/mol. The van der Waals surface area contributed by atoms with E-state index in [2.05, 4.69) is 26.0 Å². The Morgan fingerprint density at radius 2 is 0.838 bits per heavy atom. The molecule has 2 aliphatic heterocycles. The second kappa shape index (κ2) is 40.8. The molecular weight excluding hydrogens is 877 g/mol. The quantitative estimate of drug-likeness (QED) is 0.0174. The summed E-state index contributed by atoms with van der Waals surface area (Å²) in [5, 5.41) is 72.1. The minimum atomic E-state index is -1.76. The van der Waals surface area contributed by atoms with Gasteiger partial charge in [0.05, 0.1) is 19.8 Å². The molecule has 15 heteroatoms. The largest absolute Gasteiger partial charge is 0.462 e. The third-order valence-corrected chi connectivity index (χ3v) is 13.2. The van der Waals surface area contributed by atoms with Crippen LogP contribution >= 0.6 is 0 Å². The number of hydrogen-bond acceptors (Lipinski definition) is 15. The van der Waals surface area contributed by atoms with Crippen molar-refractivity contribution in [3.8, 4) is 0 Å². The van der Waals surface area contributed by atoms with Crippen LogP contribution in [0.3, 0.4) is 0 Å². The number of hydrogen-bond donors (Lipinski definition) is 7. The lowest BCUT2D eigenvalue weighted by Crippen LogP contribution is -2.61. The molecule has 0 aromatic heterocycles. The van der Waals surface area contributed by atoms with Crippen molar-refractivity contribution in [2.45, 2.75) is 287 Å². The smallest absolute Gasteiger partial charge is 0.306 e. The molecule has 0 saturated carbocycles. The van der Waals surface area contributed by atoms with Gasteiger partial charge in [-0.3, -0.25) is 9.59 Å². The van der Waals surface area contributed by atoms with E-state index in [1.807, 2.05) is 0 Å². The van der Waals surface area contributed by atoms with Crippen molar-refractivity contribution < 1.29 is 73.8 Å². The Bertz CT molecular complexity index is 1240. The lowest BCUT2D eigenvalue weighted by Gasteiger charge is -2.42. The van der Waals surface area contributed by atoms with Crippen molar-refractivity contribution in [2.75, 3.05) is 26.4 Å². The highest BCUT2D eigenvalue weighted by atomic mass is 16.7. The van der Waals surface area contributed by atoms with Crippen LogP contribution in [0.15, 0.2) is 12.2 Å². The molecule has 2 rings (SSSR count). The van der Waals surface area contributed by atoms with Gasteiger partial charge in [0.2, 0.25) is 0 Å². The summed E-state index contributed by atoms with van der Waals surface area (Å²) in [7, 11) is 0. The zero-order valence-corrected chi connectivity index (χ0v) is 42.4. The van der Waals surface area contributed by atoms with Crippen LogP contribution < -0.4 is 0 Å². The molecule has 2 saturated heterocycles. The van der Waals surface area contributed by atoms with Gasteiger partial charge in [0, 0.05) is 12.8 Å². The molecule has 2 aliphatic rings. The first-order chi connectivity index (χ1) is 33.0. The van der Waals surface area contributed by atoms with Gasteiger partial charge in [-0.05, 0) is 38.5 Å². The zero-order valence-electron chi connectivity index (χ0n) is 42.4. The first-order valence-corrected chi connectivity index (χ1v) is 27.3. The van der Waals surface area contributed by atoms with Crippen molar-refractivity contribution in [1.29, 1.82) is 0 Å². The van der Waals surface area contributed by atoms with E-state index in [1.54, 1.807) is 0 Å². The second-order valence-corrected chi connectivity index (χ2v) is 19.4. The summed E-state index contributed by atoms with van der Waals surface area (Å²) in [6.45, 7) is 2.61. The third-order valence-electron chi connectivity index (χ3n) is 13.2. The number of allylic oxidation sites excluding steroid dienone is 2. The van der Waals surface area contributed by atoms with E-state index in [4.69, 9.17) is 28.4 Å². The van der Waals surface area contributed by atoms with E-state index in [1.165, 1.54) is 122 Å². The number of carbonyl (C=O) groups is 2. The van der Waals surface area contributed by atoms with E-state index in [0.29, 0.717) is 12.8 Å². The van der Waals surface area contributed by atoms with Gasteiger partial charge in [-0.15, -0.1) is 0 Å². The maximum atomic E-state index is 13.0. The van der Waals surface area contributed by atoms with Gasteiger partial charge in [-0.25, -0.2) is 0 Å². The molecule has 11 atom stereocenters. The van der Waals surface area contributed by atoms with Crippen molar-refractivity contribution in [3.05, 3.63) is 12.2 Å². The van der Waals surface area contributed by atoms with Crippen molar-refractivity contribution in [3.63, 3.8) is 0 Å². The van der Waals surface area contributed by atoms with Gasteiger partial charge in [0.1, 0.15) is 55.4 Å². The van der Waals surface area contributed by atoms with Crippen LogP contribution in [0.1, 0.15) is 219 Å². The Hall–Kier alpha value is -1.76. The van der Waals surface area contributed by atoms with Crippen molar-refractivity contribution in [1.82, 2.24) is 0 Å². The molecule has 7 N–H and O–H groups in total. The molecule has 0 aliphatic carbocycles. The monoisotopic (exact) mass is 975 g/mol. The van der Waals surface area contributed by atoms with Crippen LogP contribution in [0.4, 0.5) is 0 Å². The highest BCUT2D eigenvalue weighted by Gasteiger charge is 2.47. The van der Waals surface area contributed by atoms with Crippen molar-refractivity contribution >= 4 is 11.9 Å². The Balaban J connectivity index is 1.78. The van der Waals surface area contributed by atoms with E-state index in [9.17, 15) is 45.3 Å². The van der Waals surface area contributed by atoms with E-state index < -0.39 is 92.7 Å². The Morgan fingerprint density at radius 1 is 0.456 bits per heavy atom. The normalized spacial score (nSPS) is 25.8. The third kappa shape index (κ3) is 28.3. The van der Waals surface area contributed by atoms with Gasteiger partial charge in [-0.2, -0.15) is 0 Å². The van der Waals surface area contributed by atoms with Gasteiger partial charge in [0.15, 0.2) is 18.7 Å². The molecule has 68 heavy (non-hydrogen) atoms. The van der Waals surface area contributed by atoms with Gasteiger partial charge in [-0.1, -0.05) is 180 Å². The fourth-order valence-corrected chi connectivity index (χ4v) is 8.74. The molecule has 2 fully saturated rings. The van der Waals surface area contributed by atoms with Gasteiger partial charge >= 0.3 is 11.9 Å². The molecule has 400 valence electrons. The first-order valence-electron chi connectivity index (χ1n) is 27.3. The highest BCUT2D eigenvalue weighted by Crippen LogP contribution is 2.27. The standard InChI is InChI=1S/C53H98O15/c1-3-5-7-9-11-13-15-17-19-20-21-22-24-26-28-30-32-34-36-45(56)66-41(38-63-44(55)35-33-31-29-27-25-23-18-16-14-12-10-8-6-4-2)39-64-52-51(62)49(60)47(58)43(68-52)40-65-53-50(61)48(59)46(57)42(37-54)67-53/h16,18,41-43,46-54,57-62H,3-15,17,19-40H2,1-2H3/b18-16+/t41-,42+,43+,46-,47-,48?,49?,50?,51?,52+,53+/m1/s1. The van der Waals surface area contributed by atoms with E-state index in [0.717, 1.165) is 57.8 Å². The predicted octanol–water partition coefficient (Wildman–Crippen LogP) is 8.16. The van der Waals surface area contributed by atoms with Gasteiger partial charge < -0.3 is 64.2 Å². The lowest BCUT2D eigenvalue weighted by molar-refractivity contribution is -0.332. The topological polar surface area (TPSA) is 231 Å². The number of aliphatic hydroxyl groups excluding tert-OH is 7. The average Bonchev–Trinajstić information content (AvgIpc) is 3.33. The number of unbranched alkanes of at least 4 members (excludes halogenated alkanes) is 27. The molecular formula is C53H98O15. The SMILES string of the molecule is CCCCCCC/C=C/CCCCCCCC(=O)OC[C@H](CO[C@H]1O[C@@H](CO[C@H]2O[C@@H](CO)[C@@H](O)C(O)C2O)[C@@H](O)C(O)C1O)OC(=O)CCCCCCCCCCCCCCCCCCCC. The molecule has 0 amide bonds. The van der Waals surface area contributed by atoms with Crippen LogP contribution in [0.5, 0.6) is 0 Å². The van der Waals surface area contributed by atoms with Crippen LogP contribution in [-0.2, 0) is 38.0 Å². The number of aliphatic hydroxyl groups is 7. The van der Waals surface area contributed by atoms with Crippen LogP contribution in [-0.4, -0.2) is 142 Å². The summed E-state index contributed by atoms with van der Waals surface area (Å²) in [5.41, 5.74) is 0. The Morgan fingerprint density at radius 3 is 1.29 bits per heavy atom. The summed E-state index contributed by atoms with van der Waals surface area (Å²) in [6.07, 6.45) is 23.8. The number of rotatable bonds is 43. The highest BCUT2D eigenvalue weighted by molar-refractivity contribution is 5.70. The minimum Gasteiger partial charge on any atom is -0.462 e. The molecule has 0 bridgehead atoms. The maximum Gasteiger partial charge on any atom is 0.306 e. The van der Waals surface area contributed by atoms with E-state index >= 15 is 0 Å². The van der Waals surface area contributed by atoms with Crippen LogP contribution in [0, 0.1) is 0 Å². The molecule has 0 radical (unpaired) electrons. The zero-order chi connectivity index (χ0) is 49.6. The Labute approximate surface area is 410 Å². The number of esters is 2. The lowest BCUT2D eigenvalue weighted by atomic mass is 9.98. The molecule has 15 nitrogen and oxygen atoms in total. The summed E-state index contributed by atoms with van der Waals surface area (Å²) >= 11 is 0. The van der Waals surface area contributed by atoms with E-state index in [-0.39, 0.29) is 26.1 Å². The fourth-order valence-electron chi connectivity index (χ4n) is 8.74.